The molecule has 3 rings (SSSR count). The molecule has 7 heteroatoms. The van der Waals surface area contributed by atoms with Gasteiger partial charge in [-0.05, 0) is 25.8 Å². The Balaban J connectivity index is 2.03. The molecule has 25 heavy (non-hydrogen) atoms. The maximum atomic E-state index is 14.7. The molecule has 0 radical (unpaired) electrons. The van der Waals surface area contributed by atoms with Gasteiger partial charge in [0.1, 0.15) is 0 Å². The van der Waals surface area contributed by atoms with Crippen molar-refractivity contribution in [2.45, 2.75) is 26.1 Å². The standard InChI is InChI=1S/C18H16F2N2O2S/c1-11-7-22(8-12(2)24-11)18-14(9-23)5-13(16(19)17(18)20)3-4-15-6-21-10-25-15/h5-6,9-12H,7-8H2,1-2H3/t11-,12+. The van der Waals surface area contributed by atoms with Gasteiger partial charge in [-0.25, -0.2) is 8.78 Å². The third kappa shape index (κ3) is 3.70. The predicted molar refractivity (Wildman–Crippen MR) is 92.1 cm³/mol. The summed E-state index contributed by atoms with van der Waals surface area (Å²) in [5.41, 5.74) is 1.50. The second kappa shape index (κ2) is 7.30. The second-order valence-electron chi connectivity index (χ2n) is 5.89. The zero-order valence-electron chi connectivity index (χ0n) is 13.8. The van der Waals surface area contributed by atoms with Crippen molar-refractivity contribution in [3.63, 3.8) is 0 Å². The number of carbonyl (C=O) groups is 1. The lowest BCUT2D eigenvalue weighted by molar-refractivity contribution is -0.00547. The van der Waals surface area contributed by atoms with Gasteiger partial charge in [0.2, 0.25) is 0 Å². The van der Waals surface area contributed by atoms with Crippen molar-refractivity contribution < 1.29 is 18.3 Å². The molecule has 1 saturated heterocycles. The maximum absolute atomic E-state index is 14.7. The Morgan fingerprint density at radius 1 is 1.28 bits per heavy atom. The number of thiazole rings is 1. The molecule has 1 aliphatic heterocycles. The predicted octanol–water partition coefficient (Wildman–Crippen LogP) is 3.25. The fourth-order valence-electron chi connectivity index (χ4n) is 2.91. The number of halogens is 2. The van der Waals surface area contributed by atoms with Crippen LogP contribution in [-0.4, -0.2) is 36.6 Å². The summed E-state index contributed by atoms with van der Waals surface area (Å²) >= 11 is 1.30. The van der Waals surface area contributed by atoms with Crippen LogP contribution < -0.4 is 4.90 Å². The van der Waals surface area contributed by atoms with Crippen molar-refractivity contribution >= 4 is 23.3 Å². The first-order chi connectivity index (χ1) is 12.0. The Hall–Kier alpha value is -2.30. The number of hydrogen-bond donors (Lipinski definition) is 0. The molecule has 0 amide bonds. The molecular formula is C18H16F2N2O2S. The summed E-state index contributed by atoms with van der Waals surface area (Å²) in [5, 5.41) is 0. The number of carbonyl (C=O) groups excluding carboxylic acids is 1. The number of hydrogen-bond acceptors (Lipinski definition) is 5. The van der Waals surface area contributed by atoms with Crippen LogP contribution in [0.5, 0.6) is 0 Å². The summed E-state index contributed by atoms with van der Waals surface area (Å²) in [6, 6.07) is 1.29. The van der Waals surface area contributed by atoms with Gasteiger partial charge >= 0.3 is 0 Å². The van der Waals surface area contributed by atoms with E-state index >= 15 is 0 Å². The van der Waals surface area contributed by atoms with E-state index in [1.807, 2.05) is 13.8 Å². The van der Waals surface area contributed by atoms with Crippen LogP contribution in [-0.2, 0) is 4.74 Å². The van der Waals surface area contributed by atoms with Gasteiger partial charge in [0.25, 0.3) is 0 Å². The topological polar surface area (TPSA) is 42.4 Å². The molecule has 0 spiro atoms. The minimum atomic E-state index is -1.06. The molecule has 0 aliphatic carbocycles. The smallest absolute Gasteiger partial charge is 0.184 e. The number of nitrogens with zero attached hydrogens (tertiary/aromatic N) is 2. The number of aromatic nitrogens is 1. The maximum Gasteiger partial charge on any atom is 0.184 e. The highest BCUT2D eigenvalue weighted by molar-refractivity contribution is 7.10. The Kier molecular flexibility index (Phi) is 5.11. The number of anilines is 1. The van der Waals surface area contributed by atoms with Gasteiger partial charge in [-0.1, -0.05) is 5.92 Å². The lowest BCUT2D eigenvalue weighted by Gasteiger charge is -2.37. The lowest BCUT2D eigenvalue weighted by Crippen LogP contribution is -2.46. The van der Waals surface area contributed by atoms with Crippen molar-refractivity contribution in [3.8, 4) is 11.8 Å². The van der Waals surface area contributed by atoms with Gasteiger partial charge in [-0.15, -0.1) is 11.3 Å². The van der Waals surface area contributed by atoms with Crippen molar-refractivity contribution in [2.75, 3.05) is 18.0 Å². The van der Waals surface area contributed by atoms with Crippen molar-refractivity contribution in [2.24, 2.45) is 0 Å². The number of benzene rings is 1. The SMILES string of the molecule is C[C@@H]1CN(c2c(C=O)cc(C#Cc3cncs3)c(F)c2F)C[C@H](C)O1. The van der Waals surface area contributed by atoms with Crippen LogP contribution in [0.2, 0.25) is 0 Å². The molecule has 0 saturated carbocycles. The molecule has 2 heterocycles. The van der Waals surface area contributed by atoms with E-state index in [1.165, 1.54) is 23.6 Å². The van der Waals surface area contributed by atoms with E-state index < -0.39 is 11.6 Å². The van der Waals surface area contributed by atoms with Gasteiger partial charge in [0.15, 0.2) is 17.9 Å². The Bertz CT molecular complexity index is 833. The lowest BCUT2D eigenvalue weighted by atomic mass is 10.1. The van der Waals surface area contributed by atoms with E-state index in [-0.39, 0.29) is 29.0 Å². The third-order valence-corrected chi connectivity index (χ3v) is 4.51. The molecule has 0 N–H and O–H groups in total. The highest BCUT2D eigenvalue weighted by Gasteiger charge is 2.28. The zero-order valence-corrected chi connectivity index (χ0v) is 14.6. The van der Waals surface area contributed by atoms with E-state index in [4.69, 9.17) is 4.74 Å². The van der Waals surface area contributed by atoms with Crippen LogP contribution in [0.15, 0.2) is 17.8 Å². The first kappa shape index (κ1) is 17.5. The Labute approximate surface area is 148 Å². The largest absolute Gasteiger partial charge is 0.372 e. The molecule has 4 nitrogen and oxygen atoms in total. The normalized spacial score (nSPS) is 20.1. The van der Waals surface area contributed by atoms with E-state index in [2.05, 4.69) is 16.8 Å². The molecule has 0 unspecified atom stereocenters. The van der Waals surface area contributed by atoms with Crippen molar-refractivity contribution in [3.05, 3.63) is 45.4 Å². The average Bonchev–Trinajstić information content (AvgIpc) is 3.08. The molecular weight excluding hydrogens is 346 g/mol. The molecule has 1 aromatic carbocycles. The third-order valence-electron chi connectivity index (χ3n) is 3.83. The first-order valence-electron chi connectivity index (χ1n) is 7.77. The van der Waals surface area contributed by atoms with E-state index in [9.17, 15) is 13.6 Å². The number of morpholine rings is 1. The first-order valence-corrected chi connectivity index (χ1v) is 8.65. The summed E-state index contributed by atoms with van der Waals surface area (Å²) in [7, 11) is 0. The molecule has 1 aliphatic rings. The van der Waals surface area contributed by atoms with Crippen LogP contribution in [0, 0.1) is 23.5 Å². The summed E-state index contributed by atoms with van der Waals surface area (Å²) < 4.78 is 34.8. The minimum absolute atomic E-state index is 0.0298. The number of aldehydes is 1. The molecule has 130 valence electrons. The molecule has 1 aromatic heterocycles. The second-order valence-corrected chi connectivity index (χ2v) is 6.77. The zero-order chi connectivity index (χ0) is 18.0. The van der Waals surface area contributed by atoms with Crippen molar-refractivity contribution in [1.29, 1.82) is 0 Å². The highest BCUT2D eigenvalue weighted by atomic mass is 32.1. The number of ether oxygens (including phenoxy) is 1. The molecule has 2 atom stereocenters. The van der Waals surface area contributed by atoms with Crippen LogP contribution >= 0.6 is 11.3 Å². The summed E-state index contributed by atoms with van der Waals surface area (Å²) in [6.45, 7) is 4.47. The highest BCUT2D eigenvalue weighted by Crippen LogP contribution is 2.30. The fraction of sp³-hybridized carbons (Fsp3) is 0.333. The number of rotatable bonds is 2. The van der Waals surface area contributed by atoms with Crippen LogP contribution in [0.25, 0.3) is 0 Å². The summed E-state index contributed by atoms with van der Waals surface area (Å²) in [5.74, 6) is 3.20. The van der Waals surface area contributed by atoms with Gasteiger partial charge in [0.05, 0.1) is 40.0 Å². The Morgan fingerprint density at radius 2 is 2.00 bits per heavy atom. The molecule has 2 aromatic rings. The van der Waals surface area contributed by atoms with Crippen LogP contribution in [0.1, 0.15) is 34.6 Å². The molecule has 1 fully saturated rings. The van der Waals surface area contributed by atoms with E-state index in [1.54, 1.807) is 10.4 Å². The van der Waals surface area contributed by atoms with Gasteiger partial charge in [-0.3, -0.25) is 9.78 Å². The van der Waals surface area contributed by atoms with E-state index in [0.717, 1.165) is 0 Å². The van der Waals surface area contributed by atoms with Crippen molar-refractivity contribution in [1.82, 2.24) is 4.98 Å². The van der Waals surface area contributed by atoms with Gasteiger partial charge in [-0.2, -0.15) is 0 Å². The quantitative estimate of drug-likeness (QED) is 0.608. The fourth-order valence-corrected chi connectivity index (χ4v) is 3.37. The monoisotopic (exact) mass is 362 g/mol. The van der Waals surface area contributed by atoms with Gasteiger partial charge in [0, 0.05) is 18.7 Å². The van der Waals surface area contributed by atoms with E-state index in [0.29, 0.717) is 24.3 Å². The Morgan fingerprint density at radius 3 is 2.60 bits per heavy atom. The van der Waals surface area contributed by atoms with Crippen LogP contribution in [0.4, 0.5) is 14.5 Å². The average molecular weight is 362 g/mol. The van der Waals surface area contributed by atoms with Crippen LogP contribution in [0.3, 0.4) is 0 Å². The summed E-state index contributed by atoms with van der Waals surface area (Å²) in [6.07, 6.45) is 1.78. The van der Waals surface area contributed by atoms with Gasteiger partial charge < -0.3 is 9.64 Å². The molecule has 0 bridgehead atoms. The summed E-state index contributed by atoms with van der Waals surface area (Å²) in [4.78, 5) is 17.6. The minimum Gasteiger partial charge on any atom is -0.372 e.